The molecule has 1 fully saturated rings. The maximum absolute atomic E-state index is 12.8. The zero-order valence-corrected chi connectivity index (χ0v) is 16.5. The van der Waals surface area contributed by atoms with Gasteiger partial charge in [0.25, 0.3) is 5.91 Å². The van der Waals surface area contributed by atoms with Crippen LogP contribution in [0.3, 0.4) is 0 Å². The number of benzene rings is 2. The van der Waals surface area contributed by atoms with Crippen LogP contribution in [0.1, 0.15) is 47.3 Å². The van der Waals surface area contributed by atoms with Gasteiger partial charge < -0.3 is 0 Å². The van der Waals surface area contributed by atoms with Crippen molar-refractivity contribution >= 4 is 44.6 Å². The first-order chi connectivity index (χ1) is 13.2. The third-order valence-electron chi connectivity index (χ3n) is 5.08. The molecule has 1 aliphatic rings. The van der Waals surface area contributed by atoms with E-state index in [1.54, 1.807) is 0 Å². The topological polar surface area (TPSA) is 41.5 Å². The molecule has 0 saturated heterocycles. The molecule has 3 aromatic rings. The number of nitrogens with zero attached hydrogens (tertiary/aromatic N) is 1. The van der Waals surface area contributed by atoms with E-state index in [1.165, 1.54) is 30.6 Å². The Bertz CT molecular complexity index is 974. The largest absolute Gasteiger partial charge is 0.283 e. The van der Waals surface area contributed by atoms with Gasteiger partial charge in [-0.2, -0.15) is 5.10 Å². The van der Waals surface area contributed by atoms with Crippen molar-refractivity contribution in [1.82, 2.24) is 5.43 Å². The average Bonchev–Trinajstić information content (AvgIpc) is 3.07. The molecule has 0 aliphatic heterocycles. The molecule has 1 amide bonds. The monoisotopic (exact) mass is 396 g/mol. The third kappa shape index (κ3) is 3.92. The minimum Gasteiger partial charge on any atom is -0.266 e. The molecule has 2 aromatic carbocycles. The van der Waals surface area contributed by atoms with E-state index in [1.807, 2.05) is 42.5 Å². The lowest BCUT2D eigenvalue weighted by atomic mass is 9.83. The van der Waals surface area contributed by atoms with Crippen LogP contribution in [0, 0.1) is 5.92 Å². The zero-order chi connectivity index (χ0) is 18.6. The molecule has 5 heteroatoms. The second-order valence-electron chi connectivity index (χ2n) is 6.88. The summed E-state index contributed by atoms with van der Waals surface area (Å²) < 4.78 is 1.01. The van der Waals surface area contributed by atoms with Crippen LogP contribution in [-0.4, -0.2) is 11.6 Å². The van der Waals surface area contributed by atoms with E-state index in [4.69, 9.17) is 11.6 Å². The van der Waals surface area contributed by atoms with Crippen molar-refractivity contribution in [3.63, 3.8) is 0 Å². The van der Waals surface area contributed by atoms with Gasteiger partial charge in [-0.05, 0) is 24.5 Å². The summed E-state index contributed by atoms with van der Waals surface area (Å²) in [7, 11) is 0. The van der Waals surface area contributed by atoms with Crippen molar-refractivity contribution in [1.29, 1.82) is 0 Å². The average molecular weight is 397 g/mol. The number of carbonyl (C=O) groups excluding carboxylic acids is 1. The Morgan fingerprint density at radius 2 is 1.70 bits per heavy atom. The van der Waals surface area contributed by atoms with Crippen LogP contribution >= 0.6 is 22.9 Å². The van der Waals surface area contributed by atoms with Crippen LogP contribution in [0.2, 0.25) is 5.02 Å². The van der Waals surface area contributed by atoms with E-state index in [-0.39, 0.29) is 5.91 Å². The summed E-state index contributed by atoms with van der Waals surface area (Å²) in [6, 6.07) is 17.9. The number of nitrogens with one attached hydrogen (secondary N) is 1. The molecule has 138 valence electrons. The lowest BCUT2D eigenvalue weighted by molar-refractivity contribution is 0.0959. The first kappa shape index (κ1) is 18.2. The Morgan fingerprint density at radius 1 is 1.00 bits per heavy atom. The molecular formula is C22H21ClN2OS. The summed E-state index contributed by atoms with van der Waals surface area (Å²) in [5, 5.41) is 5.98. The Balaban J connectivity index is 1.62. The molecule has 1 saturated carbocycles. The highest BCUT2D eigenvalue weighted by molar-refractivity contribution is 7.21. The molecule has 0 bridgehead atoms. The predicted molar refractivity (Wildman–Crippen MR) is 114 cm³/mol. The second kappa shape index (κ2) is 8.24. The number of halogens is 1. The number of fused-ring (bicyclic) bond motifs is 1. The normalized spacial score (nSPS) is 15.8. The lowest BCUT2D eigenvalue weighted by Crippen LogP contribution is -2.25. The van der Waals surface area contributed by atoms with Gasteiger partial charge in [0.1, 0.15) is 4.88 Å². The van der Waals surface area contributed by atoms with Crippen molar-refractivity contribution in [3.05, 3.63) is 70.1 Å². The molecule has 1 heterocycles. The fourth-order valence-corrected chi connectivity index (χ4v) is 5.11. The summed E-state index contributed by atoms with van der Waals surface area (Å²) in [5.41, 5.74) is 4.82. The minimum atomic E-state index is -0.245. The minimum absolute atomic E-state index is 0.245. The van der Waals surface area contributed by atoms with E-state index in [9.17, 15) is 4.79 Å². The summed E-state index contributed by atoms with van der Waals surface area (Å²) in [4.78, 5) is 13.3. The van der Waals surface area contributed by atoms with E-state index < -0.39 is 0 Å². The molecule has 1 N–H and O–H groups in total. The SMILES string of the molecule is O=C(N/N=C(\c1ccccc1)C1CCCCC1)c1sc2ccccc2c1Cl. The van der Waals surface area contributed by atoms with E-state index in [0.717, 1.165) is 34.2 Å². The molecule has 0 radical (unpaired) electrons. The van der Waals surface area contributed by atoms with Crippen molar-refractivity contribution in [2.45, 2.75) is 32.1 Å². The summed E-state index contributed by atoms with van der Waals surface area (Å²) >= 11 is 7.84. The fraction of sp³-hybridized carbons (Fsp3) is 0.273. The maximum atomic E-state index is 12.8. The fourth-order valence-electron chi connectivity index (χ4n) is 3.70. The molecular weight excluding hydrogens is 376 g/mol. The number of hydrogen-bond donors (Lipinski definition) is 1. The van der Waals surface area contributed by atoms with Gasteiger partial charge in [-0.25, -0.2) is 5.43 Å². The van der Waals surface area contributed by atoms with E-state index in [0.29, 0.717) is 15.8 Å². The van der Waals surface area contributed by atoms with Crippen molar-refractivity contribution in [2.24, 2.45) is 11.0 Å². The van der Waals surface area contributed by atoms with Crippen LogP contribution in [0.4, 0.5) is 0 Å². The second-order valence-corrected chi connectivity index (χ2v) is 8.31. The quantitative estimate of drug-likeness (QED) is 0.409. The molecule has 0 unspecified atom stereocenters. The van der Waals surface area contributed by atoms with Gasteiger partial charge in [-0.1, -0.05) is 79.4 Å². The number of rotatable bonds is 4. The van der Waals surface area contributed by atoms with Gasteiger partial charge in [0.2, 0.25) is 0 Å². The summed E-state index contributed by atoms with van der Waals surface area (Å²) in [5.74, 6) is 0.143. The standard InChI is InChI=1S/C22H21ClN2OS/c23-19-17-13-7-8-14-18(17)27-21(19)22(26)25-24-20(15-9-3-1-4-10-15)16-11-5-2-6-12-16/h1,3-4,7-10,13-14,16H,2,5-6,11-12H2,(H,25,26)/b24-20+. The van der Waals surface area contributed by atoms with Gasteiger partial charge in [-0.3, -0.25) is 4.79 Å². The number of carbonyl (C=O) groups is 1. The first-order valence-electron chi connectivity index (χ1n) is 9.34. The Labute approximate surface area is 168 Å². The molecule has 1 aromatic heterocycles. The third-order valence-corrected chi connectivity index (χ3v) is 6.75. The Morgan fingerprint density at radius 3 is 2.44 bits per heavy atom. The van der Waals surface area contributed by atoms with Crippen LogP contribution < -0.4 is 5.43 Å². The van der Waals surface area contributed by atoms with Crippen molar-refractivity contribution < 1.29 is 4.79 Å². The van der Waals surface area contributed by atoms with Gasteiger partial charge >= 0.3 is 0 Å². The first-order valence-corrected chi connectivity index (χ1v) is 10.5. The maximum Gasteiger partial charge on any atom is 0.283 e. The smallest absolute Gasteiger partial charge is 0.266 e. The van der Waals surface area contributed by atoms with Gasteiger partial charge in [-0.15, -0.1) is 11.3 Å². The van der Waals surface area contributed by atoms with Crippen molar-refractivity contribution in [2.75, 3.05) is 0 Å². The predicted octanol–water partition coefficient (Wildman–Crippen LogP) is 6.27. The number of hydrogen-bond acceptors (Lipinski definition) is 3. The molecule has 1 aliphatic carbocycles. The number of hydrazone groups is 1. The molecule has 4 rings (SSSR count). The van der Waals surface area contributed by atoms with Crippen LogP contribution in [-0.2, 0) is 0 Å². The lowest BCUT2D eigenvalue weighted by Gasteiger charge is -2.23. The van der Waals surface area contributed by atoms with Crippen molar-refractivity contribution in [3.8, 4) is 0 Å². The zero-order valence-electron chi connectivity index (χ0n) is 15.0. The number of thiophene rings is 1. The Kier molecular flexibility index (Phi) is 5.55. The van der Waals surface area contributed by atoms with Crippen LogP contribution in [0.25, 0.3) is 10.1 Å². The molecule has 0 spiro atoms. The Hall–Kier alpha value is -2.17. The highest BCUT2D eigenvalue weighted by Gasteiger charge is 2.22. The van der Waals surface area contributed by atoms with Crippen LogP contribution in [0.15, 0.2) is 59.7 Å². The molecule has 27 heavy (non-hydrogen) atoms. The highest BCUT2D eigenvalue weighted by Crippen LogP contribution is 2.35. The molecule has 0 atom stereocenters. The van der Waals surface area contributed by atoms with E-state index in [2.05, 4.69) is 22.7 Å². The van der Waals surface area contributed by atoms with Gasteiger partial charge in [0, 0.05) is 16.0 Å². The molecule has 3 nitrogen and oxygen atoms in total. The van der Waals surface area contributed by atoms with E-state index >= 15 is 0 Å². The summed E-state index contributed by atoms with van der Waals surface area (Å²) in [6.45, 7) is 0. The van der Waals surface area contributed by atoms with Crippen LogP contribution in [0.5, 0.6) is 0 Å². The summed E-state index contributed by atoms with van der Waals surface area (Å²) in [6.07, 6.45) is 5.95. The van der Waals surface area contributed by atoms with Gasteiger partial charge in [0.15, 0.2) is 0 Å². The number of amides is 1. The highest BCUT2D eigenvalue weighted by atomic mass is 35.5. The van der Waals surface area contributed by atoms with Gasteiger partial charge in [0.05, 0.1) is 10.7 Å².